The van der Waals surface area contributed by atoms with Crippen LogP contribution in [0.3, 0.4) is 0 Å². The van der Waals surface area contributed by atoms with Gasteiger partial charge in [-0.3, -0.25) is 0 Å². The predicted octanol–water partition coefficient (Wildman–Crippen LogP) is 4.03. The number of piperidine rings is 1. The number of anilines is 2. The van der Waals surface area contributed by atoms with Gasteiger partial charge in [-0.2, -0.15) is 0 Å². The molecule has 2 aromatic carbocycles. The van der Waals surface area contributed by atoms with Gasteiger partial charge in [-0.1, -0.05) is 17.7 Å². The van der Waals surface area contributed by atoms with Crippen LogP contribution in [0.1, 0.15) is 19.3 Å². The molecule has 0 aromatic heterocycles. The number of aliphatic hydroxyl groups is 1. The van der Waals surface area contributed by atoms with E-state index in [2.05, 4.69) is 15.5 Å². The predicted molar refractivity (Wildman–Crippen MR) is 112 cm³/mol. The molecule has 3 rings (SSSR count). The summed E-state index contributed by atoms with van der Waals surface area (Å²) >= 11 is 6.39. The molecule has 1 saturated heterocycles. The summed E-state index contributed by atoms with van der Waals surface area (Å²) in [5.74, 6) is -0.101. The average molecular weight is 422 g/mol. The lowest BCUT2D eigenvalue weighted by atomic mass is 10.1. The van der Waals surface area contributed by atoms with Crippen LogP contribution in [0.25, 0.3) is 0 Å². The number of carbonyl (C=O) groups excluding carboxylic acids is 1. The first-order valence-electron chi connectivity index (χ1n) is 9.67. The van der Waals surface area contributed by atoms with Gasteiger partial charge in [0.2, 0.25) is 0 Å². The first-order chi connectivity index (χ1) is 14.0. The van der Waals surface area contributed by atoms with E-state index in [0.717, 1.165) is 31.6 Å². The molecular formula is C21H25ClFN3O3. The molecule has 1 aliphatic heterocycles. The highest BCUT2D eigenvalue weighted by Gasteiger charge is 2.15. The van der Waals surface area contributed by atoms with Crippen LogP contribution in [0.2, 0.25) is 5.02 Å². The van der Waals surface area contributed by atoms with Crippen LogP contribution in [0.4, 0.5) is 20.6 Å². The fourth-order valence-electron chi connectivity index (χ4n) is 3.17. The molecule has 6 nitrogen and oxygen atoms in total. The summed E-state index contributed by atoms with van der Waals surface area (Å²) in [5.41, 5.74) is 1.54. The average Bonchev–Trinajstić information content (AvgIpc) is 2.71. The number of aliphatic hydroxyl groups excluding tert-OH is 1. The van der Waals surface area contributed by atoms with Gasteiger partial charge >= 0.3 is 6.03 Å². The summed E-state index contributed by atoms with van der Waals surface area (Å²) in [6.07, 6.45) is 2.62. The number of urea groups is 1. The quantitative estimate of drug-likeness (QED) is 0.631. The van der Waals surface area contributed by atoms with E-state index in [4.69, 9.17) is 16.3 Å². The monoisotopic (exact) mass is 421 g/mol. The second-order valence-electron chi connectivity index (χ2n) is 6.97. The Balaban J connectivity index is 1.43. The minimum absolute atomic E-state index is 0.0132. The Morgan fingerprint density at radius 3 is 2.72 bits per heavy atom. The zero-order chi connectivity index (χ0) is 20.6. The Labute approximate surface area is 174 Å². The van der Waals surface area contributed by atoms with E-state index in [1.807, 2.05) is 6.07 Å². The smallest absolute Gasteiger partial charge is 0.319 e. The summed E-state index contributed by atoms with van der Waals surface area (Å²) in [6.45, 7) is 1.89. The second kappa shape index (κ2) is 10.3. The third-order valence-corrected chi connectivity index (χ3v) is 4.94. The van der Waals surface area contributed by atoms with Crippen molar-refractivity contribution in [3.8, 4) is 5.75 Å². The molecule has 0 radical (unpaired) electrons. The van der Waals surface area contributed by atoms with Crippen molar-refractivity contribution in [3.63, 3.8) is 0 Å². The van der Waals surface area contributed by atoms with E-state index < -0.39 is 18.0 Å². The zero-order valence-corrected chi connectivity index (χ0v) is 16.8. The van der Waals surface area contributed by atoms with Gasteiger partial charge in [0, 0.05) is 31.4 Å². The lowest BCUT2D eigenvalue weighted by Gasteiger charge is -2.29. The van der Waals surface area contributed by atoms with E-state index in [9.17, 15) is 14.3 Å². The van der Waals surface area contributed by atoms with Crippen molar-refractivity contribution in [1.82, 2.24) is 5.32 Å². The van der Waals surface area contributed by atoms with E-state index >= 15 is 0 Å². The number of ether oxygens (including phenoxy) is 1. The van der Waals surface area contributed by atoms with Crippen molar-refractivity contribution >= 4 is 29.0 Å². The number of nitrogens with zero attached hydrogens (tertiary/aromatic N) is 1. The van der Waals surface area contributed by atoms with Gasteiger partial charge in [0.25, 0.3) is 0 Å². The molecular weight excluding hydrogens is 397 g/mol. The molecule has 156 valence electrons. The SMILES string of the molecule is O=C(NCC(O)COc1cccc(F)c1)Nc1ccc(N2CCCCC2)c(Cl)c1. The minimum Gasteiger partial charge on any atom is -0.491 e. The van der Waals surface area contributed by atoms with Crippen molar-refractivity contribution in [3.05, 3.63) is 53.3 Å². The molecule has 1 atom stereocenters. The zero-order valence-electron chi connectivity index (χ0n) is 16.0. The highest BCUT2D eigenvalue weighted by Crippen LogP contribution is 2.30. The standard InChI is InChI=1S/C21H25ClFN3O3/c22-19-12-16(7-8-20(19)26-9-2-1-3-10-26)25-21(28)24-13-17(27)14-29-18-6-4-5-15(23)11-18/h4-8,11-12,17,27H,1-3,9-10,13-14H2,(H2,24,25,28). The van der Waals surface area contributed by atoms with Crippen molar-refractivity contribution in [2.45, 2.75) is 25.4 Å². The molecule has 3 N–H and O–H groups in total. The van der Waals surface area contributed by atoms with Crippen molar-refractivity contribution in [2.75, 3.05) is 36.5 Å². The van der Waals surface area contributed by atoms with Gasteiger partial charge < -0.3 is 25.4 Å². The van der Waals surface area contributed by atoms with Crippen LogP contribution < -0.4 is 20.3 Å². The van der Waals surface area contributed by atoms with Crippen LogP contribution in [-0.2, 0) is 0 Å². The third-order valence-electron chi connectivity index (χ3n) is 4.64. The number of carbonyl (C=O) groups is 1. The Morgan fingerprint density at radius 1 is 1.21 bits per heavy atom. The van der Waals surface area contributed by atoms with Gasteiger partial charge in [0.15, 0.2) is 0 Å². The fraction of sp³-hybridized carbons (Fsp3) is 0.381. The lowest BCUT2D eigenvalue weighted by molar-refractivity contribution is 0.108. The van der Waals surface area contributed by atoms with Crippen LogP contribution in [-0.4, -0.2) is 43.5 Å². The molecule has 2 aromatic rings. The number of halogens is 2. The summed E-state index contributed by atoms with van der Waals surface area (Å²) in [4.78, 5) is 14.3. The van der Waals surface area contributed by atoms with E-state index in [1.165, 1.54) is 24.6 Å². The van der Waals surface area contributed by atoms with Crippen molar-refractivity contribution in [1.29, 1.82) is 0 Å². The maximum atomic E-state index is 13.1. The molecule has 1 heterocycles. The lowest BCUT2D eigenvalue weighted by Crippen LogP contribution is -2.37. The maximum absolute atomic E-state index is 13.1. The highest BCUT2D eigenvalue weighted by atomic mass is 35.5. The Bertz CT molecular complexity index is 831. The topological polar surface area (TPSA) is 73.8 Å². The number of nitrogens with one attached hydrogen (secondary N) is 2. The summed E-state index contributed by atoms with van der Waals surface area (Å²) < 4.78 is 18.4. The molecule has 1 fully saturated rings. The molecule has 1 aliphatic rings. The van der Waals surface area contributed by atoms with E-state index in [1.54, 1.807) is 18.2 Å². The van der Waals surface area contributed by atoms with Gasteiger partial charge in [-0.15, -0.1) is 0 Å². The van der Waals surface area contributed by atoms with Gasteiger partial charge in [0.1, 0.15) is 24.3 Å². The molecule has 0 saturated carbocycles. The number of benzene rings is 2. The van der Waals surface area contributed by atoms with Gasteiger partial charge in [-0.25, -0.2) is 9.18 Å². The maximum Gasteiger partial charge on any atom is 0.319 e. The number of hydrogen-bond acceptors (Lipinski definition) is 4. The Hall–Kier alpha value is -2.51. The first kappa shape index (κ1) is 21.2. The third kappa shape index (κ3) is 6.51. The minimum atomic E-state index is -0.936. The van der Waals surface area contributed by atoms with Crippen LogP contribution in [0.5, 0.6) is 5.75 Å². The molecule has 1 unspecified atom stereocenters. The second-order valence-corrected chi connectivity index (χ2v) is 7.38. The number of rotatable bonds is 7. The molecule has 0 bridgehead atoms. The Morgan fingerprint density at radius 2 is 2.00 bits per heavy atom. The molecule has 8 heteroatoms. The Kier molecular flexibility index (Phi) is 7.55. The van der Waals surface area contributed by atoms with Crippen LogP contribution >= 0.6 is 11.6 Å². The highest BCUT2D eigenvalue weighted by molar-refractivity contribution is 6.33. The van der Waals surface area contributed by atoms with E-state index in [-0.39, 0.29) is 13.2 Å². The van der Waals surface area contributed by atoms with Crippen molar-refractivity contribution < 1.29 is 19.0 Å². The number of amides is 2. The molecule has 29 heavy (non-hydrogen) atoms. The van der Waals surface area contributed by atoms with Gasteiger partial charge in [-0.05, 0) is 49.6 Å². The van der Waals surface area contributed by atoms with Crippen LogP contribution in [0, 0.1) is 5.82 Å². The van der Waals surface area contributed by atoms with Crippen LogP contribution in [0.15, 0.2) is 42.5 Å². The van der Waals surface area contributed by atoms with Crippen molar-refractivity contribution in [2.24, 2.45) is 0 Å². The van der Waals surface area contributed by atoms with E-state index in [0.29, 0.717) is 16.5 Å². The largest absolute Gasteiger partial charge is 0.491 e. The summed E-state index contributed by atoms with van der Waals surface area (Å²) in [5, 5.41) is 15.8. The normalized spacial score (nSPS) is 14.9. The number of hydrogen-bond donors (Lipinski definition) is 3. The summed E-state index contributed by atoms with van der Waals surface area (Å²) in [7, 11) is 0. The van der Waals surface area contributed by atoms with Gasteiger partial charge in [0.05, 0.1) is 10.7 Å². The first-order valence-corrected chi connectivity index (χ1v) is 10.0. The summed E-state index contributed by atoms with van der Waals surface area (Å²) in [6, 6.07) is 10.6. The fourth-order valence-corrected chi connectivity index (χ4v) is 3.47. The molecule has 0 spiro atoms. The molecule has 0 aliphatic carbocycles. The molecule has 2 amide bonds.